The molecule has 1 atom stereocenters. The molecule has 0 aliphatic heterocycles. The second-order valence-corrected chi connectivity index (χ2v) is 3.99. The molecule has 0 amide bonds. The summed E-state index contributed by atoms with van der Waals surface area (Å²) in [7, 11) is 2.72. The Morgan fingerprint density at radius 1 is 1.35 bits per heavy atom. The molecule has 0 saturated carbocycles. The van der Waals surface area contributed by atoms with Gasteiger partial charge in [0.1, 0.15) is 5.54 Å². The summed E-state index contributed by atoms with van der Waals surface area (Å²) in [4.78, 5) is 12.6. The van der Waals surface area contributed by atoms with Gasteiger partial charge in [0.15, 0.2) is 0 Å². The maximum absolute atomic E-state index is 12.3. The largest absolute Gasteiger partial charge is 0.468 e. The number of hydrogen-bond acceptors (Lipinski definition) is 4. The molecule has 1 unspecified atom stereocenters. The van der Waals surface area contributed by atoms with Crippen LogP contribution in [0, 0.1) is 0 Å². The molecule has 0 aliphatic carbocycles. The molecule has 0 aliphatic rings. The van der Waals surface area contributed by atoms with E-state index in [1.54, 1.807) is 6.92 Å². The first-order valence-electron chi connectivity index (χ1n) is 5.25. The number of carbonyl (C=O) groups excluding carboxylic acids is 1. The molecule has 0 aromatic heterocycles. The summed E-state index contributed by atoms with van der Waals surface area (Å²) in [6.45, 7) is 2.22. The lowest BCUT2D eigenvalue weighted by Gasteiger charge is -2.32. The van der Waals surface area contributed by atoms with Crippen molar-refractivity contribution >= 4 is 5.97 Å². The fourth-order valence-corrected chi connectivity index (χ4v) is 1.45. The Morgan fingerprint density at radius 3 is 2.18 bits per heavy atom. The van der Waals surface area contributed by atoms with Crippen LogP contribution in [0.2, 0.25) is 0 Å². The van der Waals surface area contributed by atoms with E-state index in [1.165, 1.54) is 21.1 Å². The highest BCUT2D eigenvalue weighted by atomic mass is 19.4. The number of carbonyl (C=O) groups is 1. The van der Waals surface area contributed by atoms with Crippen LogP contribution in [0.3, 0.4) is 0 Å². The first kappa shape index (κ1) is 16.2. The first-order chi connectivity index (χ1) is 7.68. The molecule has 0 aromatic rings. The van der Waals surface area contributed by atoms with E-state index in [1.807, 2.05) is 0 Å². The zero-order valence-electron chi connectivity index (χ0n) is 10.5. The molecule has 1 N–H and O–H groups in total. The van der Waals surface area contributed by atoms with Crippen molar-refractivity contribution in [2.75, 3.05) is 33.8 Å². The summed E-state index contributed by atoms with van der Waals surface area (Å²) in [5, 5.41) is 2.70. The molecule has 0 radical (unpaired) electrons. The summed E-state index contributed by atoms with van der Waals surface area (Å²) in [6, 6.07) is 0. The van der Waals surface area contributed by atoms with Gasteiger partial charge in [0.2, 0.25) is 0 Å². The predicted octanol–water partition coefficient (Wildman–Crippen LogP) is 1.02. The van der Waals surface area contributed by atoms with Gasteiger partial charge in [-0.25, -0.2) is 0 Å². The third kappa shape index (κ3) is 5.36. The Hall–Kier alpha value is -0.820. The van der Waals surface area contributed by atoms with Crippen LogP contribution in [0.5, 0.6) is 0 Å². The van der Waals surface area contributed by atoms with E-state index in [0.29, 0.717) is 0 Å². The first-order valence-corrected chi connectivity index (χ1v) is 5.25. The van der Waals surface area contributed by atoms with Crippen LogP contribution < -0.4 is 5.32 Å². The number of nitrogens with one attached hydrogen (secondary N) is 1. The zero-order chi connectivity index (χ0) is 13.7. The van der Waals surface area contributed by atoms with Gasteiger partial charge in [-0.05, 0) is 20.5 Å². The summed E-state index contributed by atoms with van der Waals surface area (Å²) in [5.41, 5.74) is -1.14. The van der Waals surface area contributed by atoms with E-state index in [2.05, 4.69) is 10.1 Å². The third-order valence-corrected chi connectivity index (χ3v) is 2.58. The highest BCUT2D eigenvalue weighted by molar-refractivity contribution is 5.80. The average molecular weight is 256 g/mol. The Labute approximate surface area is 99.1 Å². The maximum Gasteiger partial charge on any atom is 0.401 e. The number of ether oxygens (including phenoxy) is 1. The van der Waals surface area contributed by atoms with E-state index in [0.717, 1.165) is 4.90 Å². The number of esters is 1. The Kier molecular flexibility index (Phi) is 5.91. The SMILES string of the molecule is CCN(CC(F)(F)F)CC(C)(NC)C(=O)OC. The van der Waals surface area contributed by atoms with E-state index in [-0.39, 0.29) is 13.1 Å². The van der Waals surface area contributed by atoms with Gasteiger partial charge in [0.25, 0.3) is 0 Å². The van der Waals surface area contributed by atoms with Crippen molar-refractivity contribution in [2.24, 2.45) is 0 Å². The molecule has 17 heavy (non-hydrogen) atoms. The number of hydrogen-bond donors (Lipinski definition) is 1. The van der Waals surface area contributed by atoms with Crippen molar-refractivity contribution in [3.63, 3.8) is 0 Å². The number of nitrogens with zero attached hydrogens (tertiary/aromatic N) is 1. The topological polar surface area (TPSA) is 41.6 Å². The van der Waals surface area contributed by atoms with Crippen LogP contribution in [0.1, 0.15) is 13.8 Å². The van der Waals surface area contributed by atoms with Crippen LogP contribution in [0.15, 0.2) is 0 Å². The minimum atomic E-state index is -4.28. The number of rotatable bonds is 6. The van der Waals surface area contributed by atoms with Gasteiger partial charge >= 0.3 is 12.1 Å². The molecule has 0 spiro atoms. The fourth-order valence-electron chi connectivity index (χ4n) is 1.45. The standard InChI is InChI=1S/C10H19F3N2O2/c1-5-15(7-10(11,12)13)6-9(2,14-3)8(16)17-4/h14H,5-7H2,1-4H3. The maximum atomic E-state index is 12.3. The summed E-state index contributed by atoms with van der Waals surface area (Å²) < 4.78 is 41.4. The average Bonchev–Trinajstić information content (AvgIpc) is 2.24. The van der Waals surface area contributed by atoms with Gasteiger partial charge in [-0.15, -0.1) is 0 Å². The quantitative estimate of drug-likeness (QED) is 0.720. The summed E-state index contributed by atoms with van der Waals surface area (Å²) in [5.74, 6) is -0.583. The van der Waals surface area contributed by atoms with E-state index in [4.69, 9.17) is 0 Å². The van der Waals surface area contributed by atoms with Gasteiger partial charge in [0, 0.05) is 6.54 Å². The second kappa shape index (κ2) is 6.20. The lowest BCUT2D eigenvalue weighted by atomic mass is 10.0. The molecule has 0 saturated heterocycles. The van der Waals surface area contributed by atoms with Crippen molar-refractivity contribution in [3.05, 3.63) is 0 Å². The van der Waals surface area contributed by atoms with Crippen molar-refractivity contribution in [1.29, 1.82) is 0 Å². The highest BCUT2D eigenvalue weighted by Crippen LogP contribution is 2.18. The van der Waals surface area contributed by atoms with Crippen LogP contribution in [-0.4, -0.2) is 56.4 Å². The molecular weight excluding hydrogens is 237 g/mol. The lowest BCUT2D eigenvalue weighted by Crippen LogP contribution is -2.57. The zero-order valence-corrected chi connectivity index (χ0v) is 10.5. The van der Waals surface area contributed by atoms with Crippen molar-refractivity contribution in [2.45, 2.75) is 25.6 Å². The molecule has 0 rings (SSSR count). The summed E-state index contributed by atoms with van der Waals surface area (Å²) in [6.07, 6.45) is -4.28. The monoisotopic (exact) mass is 256 g/mol. The predicted molar refractivity (Wildman–Crippen MR) is 57.6 cm³/mol. The number of methoxy groups -OCH3 is 1. The fraction of sp³-hybridized carbons (Fsp3) is 0.900. The van der Waals surface area contributed by atoms with Crippen LogP contribution in [0.4, 0.5) is 13.2 Å². The number of likely N-dealkylation sites (N-methyl/N-ethyl adjacent to an activating group) is 2. The van der Waals surface area contributed by atoms with Crippen molar-refractivity contribution in [3.8, 4) is 0 Å². The highest BCUT2D eigenvalue weighted by Gasteiger charge is 2.38. The molecule has 7 heteroatoms. The third-order valence-electron chi connectivity index (χ3n) is 2.58. The minimum absolute atomic E-state index is 0.0633. The molecular formula is C10H19F3N2O2. The van der Waals surface area contributed by atoms with E-state index < -0.39 is 24.2 Å². The molecule has 4 nitrogen and oxygen atoms in total. The van der Waals surface area contributed by atoms with E-state index in [9.17, 15) is 18.0 Å². The van der Waals surface area contributed by atoms with Crippen LogP contribution in [-0.2, 0) is 9.53 Å². The number of halogens is 3. The van der Waals surface area contributed by atoms with Crippen molar-refractivity contribution < 1.29 is 22.7 Å². The Bertz CT molecular complexity index is 258. The summed E-state index contributed by atoms with van der Waals surface area (Å²) >= 11 is 0. The Balaban J connectivity index is 4.68. The van der Waals surface area contributed by atoms with Gasteiger partial charge in [-0.3, -0.25) is 9.69 Å². The van der Waals surface area contributed by atoms with Crippen LogP contribution >= 0.6 is 0 Å². The van der Waals surface area contributed by atoms with Crippen LogP contribution in [0.25, 0.3) is 0 Å². The second-order valence-electron chi connectivity index (χ2n) is 3.99. The van der Waals surface area contributed by atoms with Gasteiger partial charge in [0.05, 0.1) is 13.7 Å². The van der Waals surface area contributed by atoms with Gasteiger partial charge in [-0.2, -0.15) is 13.2 Å². The van der Waals surface area contributed by atoms with Crippen molar-refractivity contribution in [1.82, 2.24) is 10.2 Å². The van der Waals surface area contributed by atoms with E-state index >= 15 is 0 Å². The van der Waals surface area contributed by atoms with Gasteiger partial charge in [-0.1, -0.05) is 6.92 Å². The normalized spacial score (nSPS) is 15.8. The molecule has 0 bridgehead atoms. The Morgan fingerprint density at radius 2 is 1.88 bits per heavy atom. The lowest BCUT2D eigenvalue weighted by molar-refractivity contribution is -0.157. The number of alkyl halides is 3. The molecule has 102 valence electrons. The molecule has 0 heterocycles. The smallest absolute Gasteiger partial charge is 0.401 e. The van der Waals surface area contributed by atoms with Gasteiger partial charge < -0.3 is 10.1 Å². The molecule has 0 fully saturated rings. The minimum Gasteiger partial charge on any atom is -0.468 e. The molecule has 0 aromatic carbocycles.